The summed E-state index contributed by atoms with van der Waals surface area (Å²) in [4.78, 5) is 11.7. The second-order valence-corrected chi connectivity index (χ2v) is 8.16. The maximum absolute atomic E-state index is 5.75. The molecule has 0 atom stereocenters. The Hall–Kier alpha value is -1.53. The van der Waals surface area contributed by atoms with E-state index in [9.17, 15) is 0 Å². The molecule has 0 radical (unpaired) electrons. The minimum Gasteiger partial charge on any atom is -0.380 e. The van der Waals surface area contributed by atoms with E-state index in [0.29, 0.717) is 11.3 Å². The molecule has 1 saturated heterocycles. The first-order valence-electron chi connectivity index (χ1n) is 9.45. The van der Waals surface area contributed by atoms with E-state index in [1.54, 1.807) is 12.4 Å². The average Bonchev–Trinajstić information content (AvgIpc) is 2.69. The van der Waals surface area contributed by atoms with Crippen molar-refractivity contribution in [3.05, 3.63) is 24.5 Å². The monoisotopic (exact) mass is 357 g/mol. The SMILES string of the molecule is NSC1CCC(Nc2cc(N3CCCCC3)cc3nccnc23)CC1. The van der Waals surface area contributed by atoms with Crippen LogP contribution in [0.5, 0.6) is 0 Å². The predicted octanol–water partition coefficient (Wildman–Crippen LogP) is 3.95. The van der Waals surface area contributed by atoms with Gasteiger partial charge < -0.3 is 10.2 Å². The highest BCUT2D eigenvalue weighted by atomic mass is 32.2. The molecule has 0 bridgehead atoms. The lowest BCUT2D eigenvalue weighted by Gasteiger charge is -2.31. The van der Waals surface area contributed by atoms with Crippen molar-refractivity contribution in [3.63, 3.8) is 0 Å². The van der Waals surface area contributed by atoms with E-state index >= 15 is 0 Å². The van der Waals surface area contributed by atoms with Gasteiger partial charge in [0, 0.05) is 42.5 Å². The van der Waals surface area contributed by atoms with Crippen LogP contribution in [0, 0.1) is 0 Å². The Bertz CT molecular complexity index is 708. The van der Waals surface area contributed by atoms with E-state index in [2.05, 4.69) is 32.3 Å². The summed E-state index contributed by atoms with van der Waals surface area (Å²) in [5.74, 6) is 0. The molecule has 5 nitrogen and oxygen atoms in total. The van der Waals surface area contributed by atoms with Crippen LogP contribution in [-0.2, 0) is 0 Å². The maximum atomic E-state index is 5.75. The molecule has 2 fully saturated rings. The van der Waals surface area contributed by atoms with Crippen molar-refractivity contribution in [3.8, 4) is 0 Å². The van der Waals surface area contributed by atoms with Gasteiger partial charge in [-0.1, -0.05) is 11.9 Å². The molecule has 25 heavy (non-hydrogen) atoms. The maximum Gasteiger partial charge on any atom is 0.112 e. The van der Waals surface area contributed by atoms with Gasteiger partial charge in [0.1, 0.15) is 5.52 Å². The summed E-state index contributed by atoms with van der Waals surface area (Å²) in [5, 5.41) is 10.1. The lowest BCUT2D eigenvalue weighted by Crippen LogP contribution is -2.30. The predicted molar refractivity (Wildman–Crippen MR) is 107 cm³/mol. The number of fused-ring (bicyclic) bond motifs is 1. The smallest absolute Gasteiger partial charge is 0.112 e. The fourth-order valence-electron chi connectivity index (χ4n) is 4.07. The summed E-state index contributed by atoms with van der Waals surface area (Å²) in [6.07, 6.45) is 12.2. The van der Waals surface area contributed by atoms with Crippen LogP contribution < -0.4 is 15.4 Å². The van der Waals surface area contributed by atoms with Gasteiger partial charge >= 0.3 is 0 Å². The zero-order valence-electron chi connectivity index (χ0n) is 14.7. The van der Waals surface area contributed by atoms with Crippen LogP contribution >= 0.6 is 11.9 Å². The number of piperidine rings is 1. The molecule has 1 saturated carbocycles. The third-order valence-corrected chi connectivity index (χ3v) is 6.36. The lowest BCUT2D eigenvalue weighted by atomic mass is 9.94. The summed E-state index contributed by atoms with van der Waals surface area (Å²) < 4.78 is 0. The normalized spacial score (nSPS) is 24.4. The van der Waals surface area contributed by atoms with Crippen molar-refractivity contribution in [1.82, 2.24) is 9.97 Å². The van der Waals surface area contributed by atoms with E-state index in [-0.39, 0.29) is 0 Å². The first-order valence-corrected chi connectivity index (χ1v) is 10.4. The van der Waals surface area contributed by atoms with Crippen LogP contribution in [0.4, 0.5) is 11.4 Å². The quantitative estimate of drug-likeness (QED) is 0.808. The van der Waals surface area contributed by atoms with Crippen molar-refractivity contribution < 1.29 is 0 Å². The molecule has 6 heteroatoms. The Morgan fingerprint density at radius 2 is 1.76 bits per heavy atom. The van der Waals surface area contributed by atoms with Gasteiger partial charge in [-0.3, -0.25) is 15.1 Å². The summed E-state index contributed by atoms with van der Waals surface area (Å²) in [7, 11) is 0. The molecule has 0 spiro atoms. The number of nitrogens with two attached hydrogens (primary N) is 1. The zero-order valence-corrected chi connectivity index (χ0v) is 15.5. The van der Waals surface area contributed by atoms with Crippen molar-refractivity contribution in [1.29, 1.82) is 0 Å². The number of hydrogen-bond donors (Lipinski definition) is 2. The molecule has 1 aromatic carbocycles. The van der Waals surface area contributed by atoms with Crippen LogP contribution in [0.1, 0.15) is 44.9 Å². The summed E-state index contributed by atoms with van der Waals surface area (Å²) in [5.41, 5.74) is 4.38. The zero-order chi connectivity index (χ0) is 17.1. The number of aromatic nitrogens is 2. The molecule has 1 aliphatic heterocycles. The number of nitrogens with one attached hydrogen (secondary N) is 1. The third-order valence-electron chi connectivity index (χ3n) is 5.51. The molecule has 1 aliphatic carbocycles. The van der Waals surface area contributed by atoms with E-state index in [1.807, 2.05) is 0 Å². The number of nitrogens with zero attached hydrogens (tertiary/aromatic N) is 3. The van der Waals surface area contributed by atoms with Crippen molar-refractivity contribution >= 4 is 34.4 Å². The molecule has 0 unspecified atom stereocenters. The van der Waals surface area contributed by atoms with E-state index < -0.39 is 0 Å². The Labute approximate surface area is 153 Å². The van der Waals surface area contributed by atoms with Crippen LogP contribution in [0.3, 0.4) is 0 Å². The largest absolute Gasteiger partial charge is 0.380 e. The van der Waals surface area contributed by atoms with Gasteiger partial charge in [-0.05, 0) is 57.1 Å². The molecule has 3 N–H and O–H groups in total. The summed E-state index contributed by atoms with van der Waals surface area (Å²) in [6, 6.07) is 4.98. The van der Waals surface area contributed by atoms with Gasteiger partial charge in [-0.25, -0.2) is 0 Å². The third kappa shape index (κ3) is 3.85. The highest BCUT2D eigenvalue weighted by Gasteiger charge is 2.22. The van der Waals surface area contributed by atoms with Crippen molar-refractivity contribution in [2.45, 2.75) is 56.2 Å². The number of hydrogen-bond acceptors (Lipinski definition) is 6. The Morgan fingerprint density at radius 1 is 1.00 bits per heavy atom. The second-order valence-electron chi connectivity index (χ2n) is 7.22. The fourth-order valence-corrected chi connectivity index (χ4v) is 4.61. The molecule has 134 valence electrons. The van der Waals surface area contributed by atoms with Gasteiger partial charge in [0.15, 0.2) is 0 Å². The molecular formula is C19H27N5S. The van der Waals surface area contributed by atoms with Gasteiger partial charge in [-0.2, -0.15) is 0 Å². The molecular weight excluding hydrogens is 330 g/mol. The average molecular weight is 358 g/mol. The first kappa shape index (κ1) is 16.9. The fraction of sp³-hybridized carbons (Fsp3) is 0.579. The van der Waals surface area contributed by atoms with E-state index in [1.165, 1.54) is 62.6 Å². The highest BCUT2D eigenvalue weighted by Crippen LogP contribution is 2.32. The summed E-state index contributed by atoms with van der Waals surface area (Å²) in [6.45, 7) is 2.29. The number of anilines is 2. The van der Waals surface area contributed by atoms with Crippen LogP contribution in [0.15, 0.2) is 24.5 Å². The van der Waals surface area contributed by atoms with Crippen LogP contribution in [-0.4, -0.2) is 34.3 Å². The number of benzene rings is 1. The van der Waals surface area contributed by atoms with E-state index in [0.717, 1.165) is 29.8 Å². The Morgan fingerprint density at radius 3 is 2.52 bits per heavy atom. The van der Waals surface area contributed by atoms with Gasteiger partial charge in [0.05, 0.1) is 11.2 Å². The van der Waals surface area contributed by atoms with Gasteiger partial charge in [0.2, 0.25) is 0 Å². The highest BCUT2D eigenvalue weighted by molar-refractivity contribution is 7.97. The molecule has 2 aromatic rings. The topological polar surface area (TPSA) is 67.1 Å². The molecule has 4 rings (SSSR count). The second kappa shape index (κ2) is 7.79. The van der Waals surface area contributed by atoms with Crippen LogP contribution in [0.2, 0.25) is 0 Å². The Kier molecular flexibility index (Phi) is 5.27. The Balaban J connectivity index is 1.60. The van der Waals surface area contributed by atoms with Crippen molar-refractivity contribution in [2.24, 2.45) is 5.14 Å². The van der Waals surface area contributed by atoms with Gasteiger partial charge in [0.25, 0.3) is 0 Å². The molecule has 2 heterocycles. The standard InChI is InChI=1S/C19H27N5S/c20-25-16-6-4-14(5-7-16)23-18-13-15(24-10-2-1-3-11-24)12-17-19(18)22-9-8-21-17/h8-9,12-14,16,23H,1-7,10-11,20H2. The molecule has 0 amide bonds. The number of rotatable bonds is 4. The minimum absolute atomic E-state index is 0.505. The van der Waals surface area contributed by atoms with Crippen molar-refractivity contribution in [2.75, 3.05) is 23.3 Å². The first-order chi connectivity index (χ1) is 12.3. The van der Waals surface area contributed by atoms with Crippen LogP contribution in [0.25, 0.3) is 11.0 Å². The van der Waals surface area contributed by atoms with Gasteiger partial charge in [-0.15, -0.1) is 0 Å². The van der Waals surface area contributed by atoms with E-state index in [4.69, 9.17) is 5.14 Å². The summed E-state index contributed by atoms with van der Waals surface area (Å²) >= 11 is 1.52. The minimum atomic E-state index is 0.505. The lowest BCUT2D eigenvalue weighted by molar-refractivity contribution is 0.473. The molecule has 1 aromatic heterocycles. The molecule has 2 aliphatic rings.